The predicted octanol–water partition coefficient (Wildman–Crippen LogP) is 0.612. The molecule has 0 aromatic heterocycles. The van der Waals surface area contributed by atoms with Crippen molar-refractivity contribution in [1.82, 2.24) is 5.32 Å². The minimum absolute atomic E-state index is 0.234. The van der Waals surface area contributed by atoms with Crippen molar-refractivity contribution >= 4 is 0 Å². The van der Waals surface area contributed by atoms with Crippen molar-refractivity contribution in [3.63, 3.8) is 0 Å². The molecule has 0 radical (unpaired) electrons. The Hall–Kier alpha value is -0.220. The van der Waals surface area contributed by atoms with Crippen LogP contribution in [-0.4, -0.2) is 30.2 Å². The highest BCUT2D eigenvalue weighted by atomic mass is 19.3. The third-order valence-corrected chi connectivity index (χ3v) is 2.57. The van der Waals surface area contributed by atoms with Gasteiger partial charge in [-0.15, -0.1) is 0 Å². The van der Waals surface area contributed by atoms with E-state index in [1.54, 1.807) is 0 Å². The summed E-state index contributed by atoms with van der Waals surface area (Å²) in [5.41, 5.74) is -1.14. The van der Waals surface area contributed by atoms with Gasteiger partial charge in [0, 0.05) is 11.5 Å². The highest BCUT2D eigenvalue weighted by Gasteiger charge is 2.56. The fraction of sp³-hybridized carbons (Fsp3) is 1.00. The van der Waals surface area contributed by atoms with Crippen LogP contribution in [0, 0.1) is 5.41 Å². The highest BCUT2D eigenvalue weighted by molar-refractivity contribution is 5.02. The van der Waals surface area contributed by atoms with E-state index in [1.165, 1.54) is 13.8 Å². The van der Waals surface area contributed by atoms with Crippen LogP contribution in [-0.2, 0) is 0 Å². The van der Waals surface area contributed by atoms with Crippen LogP contribution in [0.4, 0.5) is 8.78 Å². The van der Waals surface area contributed by atoms with E-state index in [0.29, 0.717) is 0 Å². The summed E-state index contributed by atoms with van der Waals surface area (Å²) in [7, 11) is 0. The van der Waals surface area contributed by atoms with Gasteiger partial charge in [-0.1, -0.05) is 13.8 Å². The van der Waals surface area contributed by atoms with Crippen molar-refractivity contribution in [2.24, 2.45) is 5.41 Å². The summed E-state index contributed by atoms with van der Waals surface area (Å²) in [4.78, 5) is 0. The Morgan fingerprint density at radius 3 is 2.27 bits per heavy atom. The average Bonchev–Trinajstić information content (AvgIpc) is 2.05. The quantitative estimate of drug-likeness (QED) is 0.596. The number of halogens is 2. The lowest BCUT2D eigenvalue weighted by molar-refractivity contribution is -0.0788. The maximum absolute atomic E-state index is 13.0. The van der Waals surface area contributed by atoms with E-state index in [0.717, 1.165) is 0 Å². The van der Waals surface area contributed by atoms with Crippen LogP contribution in [0.25, 0.3) is 0 Å². The van der Waals surface area contributed by atoms with Crippen molar-refractivity contribution in [3.05, 3.63) is 0 Å². The van der Waals surface area contributed by atoms with Crippen LogP contribution < -0.4 is 5.32 Å². The van der Waals surface area contributed by atoms with E-state index in [2.05, 4.69) is 5.32 Å². The smallest absolute Gasteiger partial charge is 0.266 e. The molecule has 11 heavy (non-hydrogen) atoms. The summed E-state index contributed by atoms with van der Waals surface area (Å²) < 4.78 is 26.0. The summed E-state index contributed by atoms with van der Waals surface area (Å²) in [6.45, 7) is 2.37. The van der Waals surface area contributed by atoms with E-state index >= 15 is 0 Å². The molecule has 1 rings (SSSR count). The zero-order chi connectivity index (χ0) is 8.70. The summed E-state index contributed by atoms with van der Waals surface area (Å²) in [5.74, 6) is -2.71. The Labute approximate surface area is 64.6 Å². The zero-order valence-corrected chi connectivity index (χ0v) is 6.69. The van der Waals surface area contributed by atoms with Gasteiger partial charge in [-0.25, -0.2) is 8.78 Å². The third-order valence-electron chi connectivity index (χ3n) is 2.57. The normalized spacial score (nSPS) is 34.1. The molecule has 0 aromatic rings. The fourth-order valence-corrected chi connectivity index (χ4v) is 1.28. The van der Waals surface area contributed by atoms with Gasteiger partial charge in [0.1, 0.15) is 0 Å². The van der Waals surface area contributed by atoms with Crippen LogP contribution in [0.3, 0.4) is 0 Å². The van der Waals surface area contributed by atoms with Gasteiger partial charge >= 0.3 is 0 Å². The number of hydrogen-bond acceptors (Lipinski definition) is 2. The average molecular weight is 165 g/mol. The molecule has 1 aliphatic heterocycles. The lowest BCUT2D eigenvalue weighted by Gasteiger charge is -2.29. The monoisotopic (exact) mass is 165 g/mol. The molecule has 0 spiro atoms. The molecule has 1 aliphatic rings. The minimum Gasteiger partial charge on any atom is -0.395 e. The SMILES string of the molecule is CC1(C)C(CO)NCC1(F)F. The standard InChI is InChI=1S/C7H13F2NO/c1-6(2)5(3-11)10-4-7(6,8)9/h5,10-11H,3-4H2,1-2H3. The maximum Gasteiger partial charge on any atom is 0.266 e. The van der Waals surface area contributed by atoms with Gasteiger partial charge in [0.15, 0.2) is 0 Å². The first-order valence-electron chi connectivity index (χ1n) is 3.64. The Morgan fingerprint density at radius 1 is 1.55 bits per heavy atom. The molecule has 1 unspecified atom stereocenters. The van der Waals surface area contributed by atoms with Crippen molar-refractivity contribution in [2.75, 3.05) is 13.2 Å². The fourth-order valence-electron chi connectivity index (χ4n) is 1.28. The van der Waals surface area contributed by atoms with Crippen LogP contribution in [0.1, 0.15) is 13.8 Å². The van der Waals surface area contributed by atoms with Gasteiger partial charge in [-0.3, -0.25) is 0 Å². The molecule has 0 bridgehead atoms. The Balaban J connectivity index is 2.81. The summed E-state index contributed by atoms with van der Waals surface area (Å²) in [5, 5.41) is 11.3. The number of rotatable bonds is 1. The number of alkyl halides is 2. The summed E-state index contributed by atoms with van der Waals surface area (Å²) in [6, 6.07) is -0.488. The molecule has 0 amide bonds. The second kappa shape index (κ2) is 2.38. The molecular formula is C7H13F2NO. The molecule has 0 aliphatic carbocycles. The molecule has 2 N–H and O–H groups in total. The molecule has 0 saturated carbocycles. The molecule has 4 heteroatoms. The Morgan fingerprint density at radius 2 is 2.09 bits per heavy atom. The maximum atomic E-state index is 13.0. The van der Waals surface area contributed by atoms with Crippen LogP contribution >= 0.6 is 0 Å². The van der Waals surface area contributed by atoms with Crippen molar-refractivity contribution in [2.45, 2.75) is 25.8 Å². The second-order valence-corrected chi connectivity index (χ2v) is 3.54. The largest absolute Gasteiger partial charge is 0.395 e. The van der Waals surface area contributed by atoms with Crippen LogP contribution in [0.15, 0.2) is 0 Å². The molecule has 1 fully saturated rings. The Kier molecular flexibility index (Phi) is 1.92. The molecule has 1 saturated heterocycles. The first-order chi connectivity index (χ1) is 4.92. The third kappa shape index (κ3) is 1.14. The zero-order valence-electron chi connectivity index (χ0n) is 6.69. The number of aliphatic hydroxyl groups is 1. The lowest BCUT2D eigenvalue weighted by Crippen LogP contribution is -2.41. The van der Waals surface area contributed by atoms with E-state index in [-0.39, 0.29) is 13.2 Å². The van der Waals surface area contributed by atoms with Crippen molar-refractivity contribution in [1.29, 1.82) is 0 Å². The number of hydrogen-bond donors (Lipinski definition) is 2. The van der Waals surface area contributed by atoms with Crippen LogP contribution in [0.2, 0.25) is 0 Å². The van der Waals surface area contributed by atoms with Crippen LogP contribution in [0.5, 0.6) is 0 Å². The Bertz CT molecular complexity index is 159. The van der Waals surface area contributed by atoms with Gasteiger partial charge in [-0.2, -0.15) is 0 Å². The van der Waals surface area contributed by atoms with Gasteiger partial charge in [0.05, 0.1) is 13.2 Å². The number of aliphatic hydroxyl groups excluding tert-OH is 1. The van der Waals surface area contributed by atoms with Gasteiger partial charge < -0.3 is 10.4 Å². The van der Waals surface area contributed by atoms with E-state index in [9.17, 15) is 8.78 Å². The number of nitrogens with one attached hydrogen (secondary N) is 1. The molecular weight excluding hydrogens is 152 g/mol. The second-order valence-electron chi connectivity index (χ2n) is 3.54. The van der Waals surface area contributed by atoms with Gasteiger partial charge in [0.25, 0.3) is 5.92 Å². The van der Waals surface area contributed by atoms with E-state index in [4.69, 9.17) is 5.11 Å². The van der Waals surface area contributed by atoms with Crippen molar-refractivity contribution < 1.29 is 13.9 Å². The molecule has 1 heterocycles. The van der Waals surface area contributed by atoms with Crippen molar-refractivity contribution in [3.8, 4) is 0 Å². The first kappa shape index (κ1) is 8.87. The topological polar surface area (TPSA) is 32.3 Å². The summed E-state index contributed by atoms with van der Waals surface area (Å²) in [6.07, 6.45) is 0. The first-order valence-corrected chi connectivity index (χ1v) is 3.64. The molecule has 1 atom stereocenters. The van der Waals surface area contributed by atoms with E-state index in [1.807, 2.05) is 0 Å². The van der Waals surface area contributed by atoms with E-state index < -0.39 is 17.4 Å². The molecule has 0 aromatic carbocycles. The minimum atomic E-state index is -2.71. The highest BCUT2D eigenvalue weighted by Crippen LogP contribution is 2.42. The van der Waals surface area contributed by atoms with Gasteiger partial charge in [0.2, 0.25) is 0 Å². The lowest BCUT2D eigenvalue weighted by atomic mass is 9.82. The predicted molar refractivity (Wildman–Crippen MR) is 37.6 cm³/mol. The molecule has 2 nitrogen and oxygen atoms in total. The van der Waals surface area contributed by atoms with Gasteiger partial charge in [-0.05, 0) is 0 Å². The molecule has 66 valence electrons. The summed E-state index contributed by atoms with van der Waals surface area (Å²) >= 11 is 0.